The van der Waals surface area contributed by atoms with E-state index in [1.165, 1.54) is 19.2 Å². The standard InChI is InChI=1S/C31H34F3N5O4S/c1-4-37(5-2)17-18-38-20-22-7-6-8-26(29(22)44(38,41)42)21-9-11-23(12-10-21)35-30(40)27-19-28(31(32,33)34)36-39(27)24-13-15-25(43-3)16-14-24/h6-16,19,41-42H,4-5,17-18,20H2,1-3H3,(H,35,40). The molecule has 3 N–H and O–H groups in total. The highest BCUT2D eigenvalue weighted by Gasteiger charge is 2.38. The second kappa shape index (κ2) is 12.6. The van der Waals surface area contributed by atoms with E-state index in [0.29, 0.717) is 53.2 Å². The predicted octanol–water partition coefficient (Wildman–Crippen LogP) is 7.00. The van der Waals surface area contributed by atoms with E-state index in [1.807, 2.05) is 18.2 Å². The van der Waals surface area contributed by atoms with E-state index in [4.69, 9.17) is 4.74 Å². The summed E-state index contributed by atoms with van der Waals surface area (Å²) in [5.41, 5.74) is 1.31. The van der Waals surface area contributed by atoms with Gasteiger partial charge in [0.2, 0.25) is 0 Å². The third-order valence-corrected chi connectivity index (χ3v) is 9.70. The van der Waals surface area contributed by atoms with E-state index in [2.05, 4.69) is 29.2 Å². The van der Waals surface area contributed by atoms with E-state index in [0.717, 1.165) is 23.3 Å². The van der Waals surface area contributed by atoms with Gasteiger partial charge in [0.15, 0.2) is 5.69 Å². The van der Waals surface area contributed by atoms with Gasteiger partial charge in [-0.3, -0.25) is 13.9 Å². The second-order valence-electron chi connectivity index (χ2n) is 10.3. The van der Waals surface area contributed by atoms with Crippen LogP contribution in [0.25, 0.3) is 16.8 Å². The summed E-state index contributed by atoms with van der Waals surface area (Å²) in [6.45, 7) is 7.52. The fraction of sp³-hybridized carbons (Fsp3) is 0.290. The number of benzene rings is 3. The van der Waals surface area contributed by atoms with Gasteiger partial charge < -0.3 is 15.0 Å². The van der Waals surface area contributed by atoms with Gasteiger partial charge in [0.25, 0.3) is 5.91 Å². The van der Waals surface area contributed by atoms with Crippen molar-refractivity contribution in [3.8, 4) is 22.6 Å². The molecule has 1 aromatic heterocycles. The van der Waals surface area contributed by atoms with Crippen LogP contribution < -0.4 is 10.1 Å². The first-order valence-electron chi connectivity index (χ1n) is 14.1. The number of ether oxygens (including phenoxy) is 1. The summed E-state index contributed by atoms with van der Waals surface area (Å²) in [7, 11) is -1.75. The summed E-state index contributed by atoms with van der Waals surface area (Å²) in [5, 5.41) is 6.30. The van der Waals surface area contributed by atoms with E-state index in [-0.39, 0.29) is 11.4 Å². The molecule has 5 rings (SSSR count). The van der Waals surface area contributed by atoms with Gasteiger partial charge in [0, 0.05) is 37.0 Å². The molecule has 0 saturated carbocycles. The number of hydrogen-bond donors (Lipinski definition) is 3. The highest BCUT2D eigenvalue weighted by molar-refractivity contribution is 8.22. The van der Waals surface area contributed by atoms with Crippen LogP contribution in [0.3, 0.4) is 0 Å². The minimum Gasteiger partial charge on any atom is -0.497 e. The Kier molecular flexibility index (Phi) is 9.05. The predicted molar refractivity (Wildman–Crippen MR) is 164 cm³/mol. The van der Waals surface area contributed by atoms with Crippen LogP contribution in [0.5, 0.6) is 5.75 Å². The van der Waals surface area contributed by atoms with Gasteiger partial charge in [-0.2, -0.15) is 22.6 Å². The van der Waals surface area contributed by atoms with Crippen molar-refractivity contribution in [3.63, 3.8) is 0 Å². The third-order valence-electron chi connectivity index (χ3n) is 7.64. The summed E-state index contributed by atoms with van der Waals surface area (Å²) < 4.78 is 71.0. The molecule has 0 aliphatic carbocycles. The van der Waals surface area contributed by atoms with Crippen LogP contribution in [0, 0.1) is 0 Å². The zero-order chi connectivity index (χ0) is 31.6. The quantitative estimate of drug-likeness (QED) is 0.174. The van der Waals surface area contributed by atoms with Crippen LogP contribution >= 0.6 is 10.8 Å². The lowest BCUT2D eigenvalue weighted by Crippen LogP contribution is -2.34. The Labute approximate surface area is 255 Å². The largest absolute Gasteiger partial charge is 0.497 e. The number of halogens is 3. The van der Waals surface area contributed by atoms with Crippen LogP contribution in [0.4, 0.5) is 18.9 Å². The molecule has 0 radical (unpaired) electrons. The molecule has 2 heterocycles. The number of methoxy groups -OCH3 is 1. The number of anilines is 1. The summed E-state index contributed by atoms with van der Waals surface area (Å²) in [5.74, 6) is -0.282. The average molecular weight is 630 g/mol. The highest BCUT2D eigenvalue weighted by Crippen LogP contribution is 2.61. The first-order valence-corrected chi connectivity index (χ1v) is 15.6. The molecule has 4 aromatic rings. The highest BCUT2D eigenvalue weighted by atomic mass is 32.3. The Bertz CT molecular complexity index is 1620. The molecule has 13 heteroatoms. The lowest BCUT2D eigenvalue weighted by atomic mass is 10.0. The molecule has 3 aromatic carbocycles. The number of fused-ring (bicyclic) bond motifs is 1. The molecule has 0 spiro atoms. The molecule has 234 valence electrons. The van der Waals surface area contributed by atoms with Crippen molar-refractivity contribution in [2.24, 2.45) is 0 Å². The monoisotopic (exact) mass is 629 g/mol. The molecule has 0 fully saturated rings. The maximum Gasteiger partial charge on any atom is 0.435 e. The molecule has 44 heavy (non-hydrogen) atoms. The Morgan fingerprint density at radius 3 is 2.34 bits per heavy atom. The molecular weight excluding hydrogens is 595 g/mol. The smallest absolute Gasteiger partial charge is 0.435 e. The average Bonchev–Trinajstić information content (AvgIpc) is 3.58. The van der Waals surface area contributed by atoms with Crippen molar-refractivity contribution in [1.29, 1.82) is 0 Å². The molecule has 1 amide bonds. The van der Waals surface area contributed by atoms with Gasteiger partial charge in [-0.15, -0.1) is 10.8 Å². The first kappa shape index (κ1) is 31.5. The van der Waals surface area contributed by atoms with Gasteiger partial charge >= 0.3 is 6.18 Å². The molecule has 1 aliphatic rings. The topological polar surface area (TPSA) is 103 Å². The summed E-state index contributed by atoms with van der Waals surface area (Å²) >= 11 is 0. The van der Waals surface area contributed by atoms with Crippen molar-refractivity contribution < 1.29 is 31.8 Å². The second-order valence-corrected chi connectivity index (χ2v) is 12.2. The third kappa shape index (κ3) is 6.33. The molecule has 0 atom stereocenters. The normalized spacial score (nSPS) is 15.3. The Hall–Kier alpha value is -3.88. The van der Waals surface area contributed by atoms with E-state index >= 15 is 0 Å². The first-order chi connectivity index (χ1) is 21.0. The van der Waals surface area contributed by atoms with Gasteiger partial charge in [0.1, 0.15) is 11.4 Å². The molecule has 9 nitrogen and oxygen atoms in total. The number of likely N-dealkylation sites (N-methyl/N-ethyl adjacent to an activating group) is 1. The lowest BCUT2D eigenvalue weighted by Gasteiger charge is -2.39. The SMILES string of the molecule is CCN(CC)CCN1Cc2cccc(-c3ccc(NC(=O)c4cc(C(F)(F)F)nn4-c4ccc(OC)cc4)cc3)c2S1(O)O. The zero-order valence-electron chi connectivity index (χ0n) is 24.5. The number of carbonyl (C=O) groups excluding carboxylic acids is 1. The van der Waals surface area contributed by atoms with E-state index in [9.17, 15) is 27.1 Å². The van der Waals surface area contributed by atoms with Gasteiger partial charge in [-0.05, 0) is 60.6 Å². The zero-order valence-corrected chi connectivity index (χ0v) is 25.3. The molecule has 1 aliphatic heterocycles. The van der Waals surface area contributed by atoms with Crippen molar-refractivity contribution in [1.82, 2.24) is 19.0 Å². The van der Waals surface area contributed by atoms with Gasteiger partial charge in [0.05, 0.1) is 17.7 Å². The number of carbonyl (C=O) groups is 1. The van der Waals surface area contributed by atoms with E-state index < -0.39 is 28.6 Å². The summed E-state index contributed by atoms with van der Waals surface area (Å²) in [4.78, 5) is 15.9. The van der Waals surface area contributed by atoms with Crippen molar-refractivity contribution >= 4 is 22.4 Å². The number of rotatable bonds is 10. The molecule has 0 bridgehead atoms. The number of nitrogens with zero attached hydrogens (tertiary/aromatic N) is 4. The van der Waals surface area contributed by atoms with Crippen molar-refractivity contribution in [2.75, 3.05) is 38.6 Å². The van der Waals surface area contributed by atoms with E-state index in [1.54, 1.807) is 40.7 Å². The lowest BCUT2D eigenvalue weighted by molar-refractivity contribution is -0.141. The fourth-order valence-electron chi connectivity index (χ4n) is 5.20. The number of amides is 1. The van der Waals surface area contributed by atoms with Crippen LogP contribution in [0.15, 0.2) is 77.7 Å². The van der Waals surface area contributed by atoms with Gasteiger partial charge in [-0.1, -0.05) is 44.2 Å². The minimum atomic E-state index is -4.75. The maximum atomic E-state index is 13.5. The van der Waals surface area contributed by atoms with Crippen molar-refractivity contribution in [3.05, 3.63) is 89.7 Å². The van der Waals surface area contributed by atoms with Crippen LogP contribution in [0.1, 0.15) is 35.6 Å². The molecular formula is C31H34F3N5O4S. The summed E-state index contributed by atoms with van der Waals surface area (Å²) in [6.07, 6.45) is -4.75. The molecule has 0 unspecified atom stereocenters. The minimum absolute atomic E-state index is 0.255. The summed E-state index contributed by atoms with van der Waals surface area (Å²) in [6, 6.07) is 19.1. The fourth-order valence-corrected chi connectivity index (χ4v) is 7.08. The Morgan fingerprint density at radius 2 is 1.73 bits per heavy atom. The van der Waals surface area contributed by atoms with Gasteiger partial charge in [-0.25, -0.2) is 4.68 Å². The number of aromatic nitrogens is 2. The molecule has 0 saturated heterocycles. The van der Waals surface area contributed by atoms with Crippen LogP contribution in [-0.4, -0.2) is 67.3 Å². The maximum absolute atomic E-state index is 13.5. The number of alkyl halides is 3. The number of hydrogen-bond acceptors (Lipinski definition) is 7. The van der Waals surface area contributed by atoms with Crippen LogP contribution in [-0.2, 0) is 12.7 Å². The van der Waals surface area contributed by atoms with Crippen LogP contribution in [0.2, 0.25) is 0 Å². The number of nitrogens with one attached hydrogen (secondary N) is 1. The Balaban J connectivity index is 1.38. The Morgan fingerprint density at radius 1 is 1.05 bits per heavy atom. The van der Waals surface area contributed by atoms with Crippen molar-refractivity contribution in [2.45, 2.75) is 31.5 Å².